The fourth-order valence-electron chi connectivity index (χ4n) is 3.46. The van der Waals surface area contributed by atoms with E-state index in [4.69, 9.17) is 4.74 Å². The molecule has 0 unspecified atom stereocenters. The number of ether oxygens (including phenoxy) is 1. The minimum atomic E-state index is -1.25. The number of aliphatic hydroxyl groups excluding tert-OH is 3. The van der Waals surface area contributed by atoms with Crippen LogP contribution in [-0.2, 0) is 11.2 Å². The number of aromatic nitrogens is 4. The topological polar surface area (TPSA) is 133 Å². The van der Waals surface area contributed by atoms with Crippen molar-refractivity contribution in [2.24, 2.45) is 0 Å². The van der Waals surface area contributed by atoms with E-state index in [0.29, 0.717) is 17.9 Å². The van der Waals surface area contributed by atoms with Crippen molar-refractivity contribution in [3.8, 4) is 0 Å². The second-order valence-corrected chi connectivity index (χ2v) is 7.08. The van der Waals surface area contributed by atoms with Gasteiger partial charge in [-0.25, -0.2) is 9.97 Å². The largest absolute Gasteiger partial charge is 0.394 e. The van der Waals surface area contributed by atoms with Crippen molar-refractivity contribution >= 4 is 11.2 Å². The summed E-state index contributed by atoms with van der Waals surface area (Å²) in [7, 11) is 0. The first kappa shape index (κ1) is 19.9. The van der Waals surface area contributed by atoms with Crippen LogP contribution in [0.15, 0.2) is 11.1 Å². The van der Waals surface area contributed by atoms with Gasteiger partial charge >= 0.3 is 0 Å². The maximum atomic E-state index is 12.3. The van der Waals surface area contributed by atoms with Crippen LogP contribution in [0.1, 0.15) is 57.5 Å². The van der Waals surface area contributed by atoms with E-state index in [9.17, 15) is 20.1 Å². The molecule has 27 heavy (non-hydrogen) atoms. The first-order chi connectivity index (χ1) is 13.1. The molecule has 2 aromatic rings. The van der Waals surface area contributed by atoms with E-state index in [2.05, 4.69) is 21.9 Å². The first-order valence-electron chi connectivity index (χ1n) is 9.65. The number of hydrogen-bond donors (Lipinski definition) is 4. The van der Waals surface area contributed by atoms with Gasteiger partial charge < -0.3 is 25.0 Å². The molecule has 0 aliphatic carbocycles. The summed E-state index contributed by atoms with van der Waals surface area (Å²) in [6, 6.07) is 0. The number of aromatic amines is 1. The van der Waals surface area contributed by atoms with Crippen LogP contribution in [0.2, 0.25) is 0 Å². The van der Waals surface area contributed by atoms with Crippen LogP contribution in [0.3, 0.4) is 0 Å². The third-order valence-electron chi connectivity index (χ3n) is 5.04. The highest BCUT2D eigenvalue weighted by Gasteiger charge is 2.44. The van der Waals surface area contributed by atoms with E-state index in [-0.39, 0.29) is 11.1 Å². The molecule has 3 rings (SSSR count). The van der Waals surface area contributed by atoms with Crippen LogP contribution >= 0.6 is 0 Å². The number of fused-ring (bicyclic) bond motifs is 1. The second-order valence-electron chi connectivity index (χ2n) is 7.08. The van der Waals surface area contributed by atoms with Crippen LogP contribution in [-0.4, -0.2) is 59.8 Å². The lowest BCUT2D eigenvalue weighted by Crippen LogP contribution is -2.33. The van der Waals surface area contributed by atoms with Crippen molar-refractivity contribution < 1.29 is 20.1 Å². The number of imidazole rings is 1. The molecule has 0 spiro atoms. The Morgan fingerprint density at radius 2 is 1.93 bits per heavy atom. The van der Waals surface area contributed by atoms with Crippen LogP contribution in [0.25, 0.3) is 11.2 Å². The number of aliphatic hydroxyl groups is 3. The smallest absolute Gasteiger partial charge is 0.279 e. The molecule has 4 N–H and O–H groups in total. The summed E-state index contributed by atoms with van der Waals surface area (Å²) in [5.74, 6) is 0.566. The Balaban J connectivity index is 1.76. The summed E-state index contributed by atoms with van der Waals surface area (Å²) in [5.41, 5.74) is 0.112. The second kappa shape index (κ2) is 8.92. The molecule has 0 aromatic carbocycles. The molecule has 1 saturated heterocycles. The van der Waals surface area contributed by atoms with Gasteiger partial charge in [0.25, 0.3) is 5.56 Å². The van der Waals surface area contributed by atoms with Gasteiger partial charge in [0.1, 0.15) is 24.1 Å². The zero-order chi connectivity index (χ0) is 19.4. The molecule has 3 heterocycles. The highest BCUT2D eigenvalue weighted by molar-refractivity contribution is 5.69. The van der Waals surface area contributed by atoms with Crippen molar-refractivity contribution in [3.05, 3.63) is 22.5 Å². The lowest BCUT2D eigenvalue weighted by atomic mass is 10.1. The molecule has 4 atom stereocenters. The Morgan fingerprint density at radius 3 is 2.63 bits per heavy atom. The quantitative estimate of drug-likeness (QED) is 0.469. The third-order valence-corrected chi connectivity index (χ3v) is 5.04. The zero-order valence-corrected chi connectivity index (χ0v) is 15.5. The van der Waals surface area contributed by atoms with Crippen LogP contribution in [0.5, 0.6) is 0 Å². The lowest BCUT2D eigenvalue weighted by molar-refractivity contribution is -0.0511. The molecule has 2 aromatic heterocycles. The van der Waals surface area contributed by atoms with Crippen LogP contribution in [0.4, 0.5) is 0 Å². The molecule has 1 aliphatic heterocycles. The van der Waals surface area contributed by atoms with Crippen molar-refractivity contribution in [1.29, 1.82) is 0 Å². The molecule has 1 aliphatic rings. The number of rotatable bonds is 9. The predicted molar refractivity (Wildman–Crippen MR) is 98.2 cm³/mol. The average molecular weight is 380 g/mol. The Kier molecular flexibility index (Phi) is 6.59. The third kappa shape index (κ3) is 4.21. The Morgan fingerprint density at radius 1 is 1.19 bits per heavy atom. The fraction of sp³-hybridized carbons (Fsp3) is 0.722. The number of hydrogen-bond acceptors (Lipinski definition) is 7. The lowest BCUT2D eigenvalue weighted by Gasteiger charge is -2.16. The number of nitrogens with zero attached hydrogens (tertiary/aromatic N) is 3. The van der Waals surface area contributed by atoms with Gasteiger partial charge in [0.15, 0.2) is 17.4 Å². The highest BCUT2D eigenvalue weighted by Crippen LogP contribution is 2.30. The molecule has 0 bridgehead atoms. The molecule has 0 amide bonds. The van der Waals surface area contributed by atoms with Gasteiger partial charge in [-0.05, 0) is 6.42 Å². The summed E-state index contributed by atoms with van der Waals surface area (Å²) in [5, 5.41) is 29.4. The molecular formula is C18H28N4O5. The van der Waals surface area contributed by atoms with Gasteiger partial charge in [-0.1, -0.05) is 39.0 Å². The molecule has 9 heteroatoms. The summed E-state index contributed by atoms with van der Waals surface area (Å²) < 4.78 is 6.97. The van der Waals surface area contributed by atoms with Gasteiger partial charge in [0.05, 0.1) is 12.9 Å². The number of aryl methyl sites for hydroxylation is 1. The van der Waals surface area contributed by atoms with Crippen LogP contribution < -0.4 is 5.56 Å². The summed E-state index contributed by atoms with van der Waals surface area (Å²) in [4.78, 5) is 23.6. The molecule has 150 valence electrons. The molecular weight excluding hydrogens is 352 g/mol. The minimum Gasteiger partial charge on any atom is -0.394 e. The number of nitrogens with one attached hydrogen (secondary N) is 1. The van der Waals surface area contributed by atoms with Crippen molar-refractivity contribution in [1.82, 2.24) is 19.5 Å². The maximum Gasteiger partial charge on any atom is 0.279 e. The van der Waals surface area contributed by atoms with Gasteiger partial charge in [-0.3, -0.25) is 9.36 Å². The molecule has 1 fully saturated rings. The van der Waals surface area contributed by atoms with Gasteiger partial charge in [0, 0.05) is 6.42 Å². The van der Waals surface area contributed by atoms with Gasteiger partial charge in [-0.15, -0.1) is 0 Å². The number of unbranched alkanes of at least 4 members (excludes halogenated alkanes) is 5. The SMILES string of the molecule is CCCCCCCCc1nc2c(ncn2[C@@H]2O[C@H](CO)[C@@H](O)[C@H]2O)c(=O)[nH]1. The summed E-state index contributed by atoms with van der Waals surface area (Å²) in [6.45, 7) is 1.76. The van der Waals surface area contributed by atoms with Gasteiger partial charge in [0.2, 0.25) is 0 Å². The average Bonchev–Trinajstić information content (AvgIpc) is 3.20. The predicted octanol–water partition coefficient (Wildman–Crippen LogP) is 0.634. The number of H-pyrrole nitrogens is 1. The maximum absolute atomic E-state index is 12.3. The van der Waals surface area contributed by atoms with Crippen LogP contribution in [0, 0.1) is 0 Å². The minimum absolute atomic E-state index is 0.152. The highest BCUT2D eigenvalue weighted by atomic mass is 16.6. The Hall–Kier alpha value is -1.81. The zero-order valence-electron chi connectivity index (χ0n) is 15.5. The standard InChI is InChI=1S/C18H28N4O5/c1-2-3-4-5-6-7-8-12-20-16-13(17(26)21-12)19-10-22(16)18-15(25)14(24)11(9-23)27-18/h10-11,14-15,18,23-25H,2-9H2,1H3,(H,20,21,26)/t11-,14-,15-,18-/m1/s1. The fourth-order valence-corrected chi connectivity index (χ4v) is 3.46. The van der Waals surface area contributed by atoms with Gasteiger partial charge in [-0.2, -0.15) is 0 Å². The van der Waals surface area contributed by atoms with E-state index in [1.165, 1.54) is 36.6 Å². The van der Waals surface area contributed by atoms with E-state index in [1.54, 1.807) is 0 Å². The first-order valence-corrected chi connectivity index (χ1v) is 9.65. The van der Waals surface area contributed by atoms with E-state index >= 15 is 0 Å². The van der Waals surface area contributed by atoms with E-state index in [1.807, 2.05) is 0 Å². The van der Waals surface area contributed by atoms with E-state index in [0.717, 1.165) is 12.8 Å². The summed E-state index contributed by atoms with van der Waals surface area (Å²) >= 11 is 0. The van der Waals surface area contributed by atoms with Crippen molar-refractivity contribution in [2.75, 3.05) is 6.61 Å². The molecule has 0 saturated carbocycles. The summed E-state index contributed by atoms with van der Waals surface area (Å²) in [6.07, 6.45) is 4.53. The monoisotopic (exact) mass is 380 g/mol. The normalized spacial score (nSPS) is 25.5. The van der Waals surface area contributed by atoms with E-state index < -0.39 is 31.1 Å². The Bertz CT molecular complexity index is 805. The Labute approximate surface area is 157 Å². The molecule has 0 radical (unpaired) electrons. The van der Waals surface area contributed by atoms with Crippen molar-refractivity contribution in [3.63, 3.8) is 0 Å². The molecule has 9 nitrogen and oxygen atoms in total. The van der Waals surface area contributed by atoms with Crippen molar-refractivity contribution in [2.45, 2.75) is 76.4 Å².